The predicted octanol–water partition coefficient (Wildman–Crippen LogP) is 7.76. The summed E-state index contributed by atoms with van der Waals surface area (Å²) in [6.07, 6.45) is 11.9. The van der Waals surface area contributed by atoms with Crippen molar-refractivity contribution >= 4 is 10.1 Å². The zero-order valence-corrected chi connectivity index (χ0v) is 25.2. The van der Waals surface area contributed by atoms with Gasteiger partial charge in [-0.15, -0.1) is 0 Å². The molecule has 0 heterocycles. The lowest BCUT2D eigenvalue weighted by atomic mass is 9.46. The Morgan fingerprint density at radius 2 is 1.79 bits per heavy atom. The van der Waals surface area contributed by atoms with Crippen molar-refractivity contribution in [3.05, 3.63) is 52.6 Å². The second-order valence-electron chi connectivity index (χ2n) is 13.9. The van der Waals surface area contributed by atoms with Crippen molar-refractivity contribution in [3.63, 3.8) is 0 Å². The molecule has 0 aliphatic heterocycles. The van der Waals surface area contributed by atoms with E-state index in [-0.39, 0.29) is 33.9 Å². The number of benzene rings is 1. The minimum Gasteiger partial charge on any atom is -0.393 e. The fourth-order valence-corrected chi connectivity index (χ4v) is 10.4. The van der Waals surface area contributed by atoms with Crippen molar-refractivity contribution in [2.75, 3.05) is 6.61 Å². The molecule has 0 spiro atoms. The number of aliphatic hydroxyl groups excluding tert-OH is 1. The average Bonchev–Trinajstić information content (AvgIpc) is 3.22. The number of fused-ring (bicyclic) bond motifs is 4. The minimum absolute atomic E-state index is 0.0256. The van der Waals surface area contributed by atoms with E-state index in [0.717, 1.165) is 44.1 Å². The highest BCUT2D eigenvalue weighted by Crippen LogP contribution is 2.66. The van der Waals surface area contributed by atoms with E-state index in [4.69, 9.17) is 4.18 Å². The SMILES string of the molecule is Cc1ccccc1S(=O)(=O)OCCC[C@@H](C)[C@H]1CC=C2C3=C(CC[C@@]21C)[C@@]1(C)CCC(O)C(C)(C)[C@@H]1CC3. The van der Waals surface area contributed by atoms with Gasteiger partial charge in [-0.3, -0.25) is 4.18 Å². The third-order valence-electron chi connectivity index (χ3n) is 11.5. The smallest absolute Gasteiger partial charge is 0.297 e. The van der Waals surface area contributed by atoms with E-state index in [1.165, 1.54) is 19.3 Å². The maximum atomic E-state index is 12.7. The van der Waals surface area contributed by atoms with Gasteiger partial charge in [0.05, 0.1) is 17.6 Å². The number of allylic oxidation sites excluding steroid dienone is 4. The Balaban J connectivity index is 1.25. The monoisotopic (exact) mass is 540 g/mol. The highest BCUT2D eigenvalue weighted by atomic mass is 32.2. The third kappa shape index (κ3) is 4.45. The van der Waals surface area contributed by atoms with Crippen LogP contribution in [-0.2, 0) is 14.3 Å². The van der Waals surface area contributed by atoms with Crippen molar-refractivity contribution in [2.24, 2.45) is 34.0 Å². The minimum atomic E-state index is -3.71. The summed E-state index contributed by atoms with van der Waals surface area (Å²) in [6.45, 7) is 14.0. The largest absolute Gasteiger partial charge is 0.393 e. The van der Waals surface area contributed by atoms with E-state index in [0.29, 0.717) is 17.8 Å². The molecule has 0 aromatic heterocycles. The average molecular weight is 541 g/mol. The lowest BCUT2D eigenvalue weighted by Crippen LogP contribution is -2.53. The van der Waals surface area contributed by atoms with Gasteiger partial charge in [0.15, 0.2) is 0 Å². The molecule has 4 aliphatic carbocycles. The van der Waals surface area contributed by atoms with Crippen LogP contribution in [0.15, 0.2) is 52.0 Å². The van der Waals surface area contributed by atoms with Gasteiger partial charge in [0.2, 0.25) is 0 Å². The molecule has 4 nitrogen and oxygen atoms in total. The maximum absolute atomic E-state index is 12.7. The molecule has 5 rings (SSSR count). The summed E-state index contributed by atoms with van der Waals surface area (Å²) < 4.78 is 30.8. The van der Waals surface area contributed by atoms with Gasteiger partial charge >= 0.3 is 0 Å². The number of aliphatic hydroxyl groups is 1. The normalized spacial score (nSPS) is 35.2. The first kappa shape index (κ1) is 28.1. The van der Waals surface area contributed by atoms with Crippen LogP contribution in [0.5, 0.6) is 0 Å². The van der Waals surface area contributed by atoms with Gasteiger partial charge in [0, 0.05) is 0 Å². The van der Waals surface area contributed by atoms with Crippen molar-refractivity contribution in [1.82, 2.24) is 0 Å². The van der Waals surface area contributed by atoms with Crippen LogP contribution in [-0.4, -0.2) is 26.2 Å². The van der Waals surface area contributed by atoms with Crippen LogP contribution in [0.2, 0.25) is 0 Å². The molecule has 0 amide bonds. The van der Waals surface area contributed by atoms with Crippen LogP contribution in [0, 0.1) is 40.9 Å². The van der Waals surface area contributed by atoms with E-state index >= 15 is 0 Å². The third-order valence-corrected chi connectivity index (χ3v) is 13.0. The molecule has 1 N–H and O–H groups in total. The molecule has 6 atom stereocenters. The number of hydrogen-bond acceptors (Lipinski definition) is 4. The highest BCUT2D eigenvalue weighted by molar-refractivity contribution is 7.86. The van der Waals surface area contributed by atoms with Gasteiger partial charge in [0.25, 0.3) is 10.1 Å². The summed E-state index contributed by atoms with van der Waals surface area (Å²) >= 11 is 0. The molecule has 38 heavy (non-hydrogen) atoms. The summed E-state index contributed by atoms with van der Waals surface area (Å²) in [7, 11) is -3.71. The van der Waals surface area contributed by atoms with Gasteiger partial charge in [0.1, 0.15) is 0 Å². The second kappa shape index (κ2) is 9.89. The lowest BCUT2D eigenvalue weighted by molar-refractivity contribution is -0.0905. The number of hydrogen-bond donors (Lipinski definition) is 1. The predicted molar refractivity (Wildman–Crippen MR) is 153 cm³/mol. The van der Waals surface area contributed by atoms with Crippen molar-refractivity contribution < 1.29 is 17.7 Å². The fourth-order valence-electron chi connectivity index (χ4n) is 9.25. The molecule has 5 heteroatoms. The topological polar surface area (TPSA) is 63.6 Å². The fraction of sp³-hybridized carbons (Fsp3) is 0.697. The molecule has 210 valence electrons. The summed E-state index contributed by atoms with van der Waals surface area (Å²) in [6, 6.07) is 7.01. The quantitative estimate of drug-likeness (QED) is 0.284. The van der Waals surface area contributed by atoms with Crippen molar-refractivity contribution in [3.8, 4) is 0 Å². The molecule has 1 unspecified atom stereocenters. The van der Waals surface area contributed by atoms with Gasteiger partial charge in [-0.25, -0.2) is 0 Å². The Morgan fingerprint density at radius 3 is 2.53 bits per heavy atom. The Kier molecular flexibility index (Phi) is 7.31. The van der Waals surface area contributed by atoms with Gasteiger partial charge in [-0.1, -0.05) is 64.5 Å². The molecule has 1 aromatic carbocycles. The number of rotatable bonds is 7. The number of aryl methyl sites for hydroxylation is 1. The van der Waals surface area contributed by atoms with E-state index in [9.17, 15) is 13.5 Å². The van der Waals surface area contributed by atoms with Gasteiger partial charge < -0.3 is 5.11 Å². The van der Waals surface area contributed by atoms with E-state index in [1.54, 1.807) is 41.8 Å². The van der Waals surface area contributed by atoms with Gasteiger partial charge in [-0.2, -0.15) is 8.42 Å². The zero-order chi connectivity index (χ0) is 27.5. The molecule has 1 saturated carbocycles. The first-order chi connectivity index (χ1) is 17.8. The Bertz CT molecular complexity index is 1240. The van der Waals surface area contributed by atoms with E-state index < -0.39 is 10.1 Å². The van der Waals surface area contributed by atoms with E-state index in [2.05, 4.69) is 40.7 Å². The van der Waals surface area contributed by atoms with Crippen LogP contribution < -0.4 is 0 Å². The molecule has 0 bridgehead atoms. The van der Waals surface area contributed by atoms with Crippen molar-refractivity contribution in [1.29, 1.82) is 0 Å². The Labute approximate surface area is 231 Å². The van der Waals surface area contributed by atoms with Gasteiger partial charge in [-0.05, 0) is 121 Å². The van der Waals surface area contributed by atoms with Crippen LogP contribution >= 0.6 is 0 Å². The molecular weight excluding hydrogens is 492 g/mol. The van der Waals surface area contributed by atoms with Crippen LogP contribution in [0.1, 0.15) is 98.0 Å². The zero-order valence-electron chi connectivity index (χ0n) is 24.3. The first-order valence-electron chi connectivity index (χ1n) is 14.9. The Morgan fingerprint density at radius 1 is 1.05 bits per heavy atom. The lowest BCUT2D eigenvalue weighted by Gasteiger charge is -2.59. The van der Waals surface area contributed by atoms with Crippen molar-refractivity contribution in [2.45, 2.75) is 110 Å². The van der Waals surface area contributed by atoms with Crippen LogP contribution in [0.25, 0.3) is 0 Å². The summed E-state index contributed by atoms with van der Waals surface area (Å²) in [4.78, 5) is 0.274. The second-order valence-corrected chi connectivity index (χ2v) is 15.5. The molecule has 0 radical (unpaired) electrons. The molecule has 1 aromatic rings. The summed E-state index contributed by atoms with van der Waals surface area (Å²) in [5.74, 6) is 1.65. The standard InChI is InChI=1S/C33H48O4S/c1-22(11-9-21-37-38(35,36)28-12-8-7-10-23(28)2)25-14-15-26-24-13-16-29-31(3,4)30(34)18-20-33(29,6)27(24)17-19-32(25,26)5/h7-8,10,12,15,22,25,29-30,34H,9,11,13-14,16-21H2,1-6H3/t22-,25-,29+,30?,32-,33-/m1/s1. The molecule has 1 fully saturated rings. The van der Waals surface area contributed by atoms with E-state index in [1.807, 2.05) is 6.07 Å². The maximum Gasteiger partial charge on any atom is 0.297 e. The Hall–Kier alpha value is -1.43. The first-order valence-corrected chi connectivity index (χ1v) is 16.3. The molecule has 0 saturated heterocycles. The molecular formula is C33H48O4S. The van der Waals surface area contributed by atoms with Crippen LogP contribution in [0.3, 0.4) is 0 Å². The highest BCUT2D eigenvalue weighted by Gasteiger charge is 2.57. The van der Waals surface area contributed by atoms with Crippen LogP contribution in [0.4, 0.5) is 0 Å². The summed E-state index contributed by atoms with van der Waals surface area (Å²) in [5, 5.41) is 10.8. The summed E-state index contributed by atoms with van der Waals surface area (Å²) in [5.41, 5.74) is 6.11. The molecule has 4 aliphatic rings.